The van der Waals surface area contributed by atoms with Crippen molar-refractivity contribution in [2.24, 2.45) is 0 Å². The van der Waals surface area contributed by atoms with Crippen molar-refractivity contribution in [1.29, 1.82) is 0 Å². The second-order valence-electron chi connectivity index (χ2n) is 14.0. The lowest BCUT2D eigenvalue weighted by Crippen LogP contribution is -2.62. The van der Waals surface area contributed by atoms with Crippen molar-refractivity contribution in [1.82, 2.24) is 5.06 Å². The fraction of sp³-hybridized carbons (Fsp3) is 0.929. The summed E-state index contributed by atoms with van der Waals surface area (Å²) in [5, 5.41) is 0.514. The summed E-state index contributed by atoms with van der Waals surface area (Å²) < 4.78 is 103. The van der Waals surface area contributed by atoms with Gasteiger partial charge in [-0.15, -0.1) is 5.06 Å². The maximum Gasteiger partial charge on any atom is 0.333 e. The molecule has 0 aliphatic carbocycles. The van der Waals surface area contributed by atoms with Crippen LogP contribution in [0.4, 0.5) is 0 Å². The van der Waals surface area contributed by atoms with E-state index >= 15 is 0 Å². The maximum atomic E-state index is 12.6. The van der Waals surface area contributed by atoms with E-state index < -0.39 is 48.5 Å². The highest BCUT2D eigenvalue weighted by atomic mass is 16.7. The number of hydrogen-bond donors (Lipinski definition) is 0. The summed E-state index contributed by atoms with van der Waals surface area (Å²) in [6, 6.07) is 0. The summed E-state index contributed by atoms with van der Waals surface area (Å²) in [4.78, 5) is 41.5. The molecule has 0 N–H and O–H groups in total. The molecular formula is C42H77NO22. The molecule has 65 heavy (non-hydrogen) atoms. The first kappa shape index (κ1) is 59.0. The first-order valence-corrected chi connectivity index (χ1v) is 22.3. The van der Waals surface area contributed by atoms with E-state index in [2.05, 4.69) is 0 Å². The Bertz CT molecular complexity index is 1130. The van der Waals surface area contributed by atoms with Crippen LogP contribution in [0.5, 0.6) is 0 Å². The van der Waals surface area contributed by atoms with Gasteiger partial charge in [-0.25, -0.2) is 4.79 Å². The van der Waals surface area contributed by atoms with E-state index in [0.717, 1.165) is 0 Å². The highest BCUT2D eigenvalue weighted by Gasteiger charge is 2.49. The van der Waals surface area contributed by atoms with Gasteiger partial charge in [-0.1, -0.05) is 0 Å². The summed E-state index contributed by atoms with van der Waals surface area (Å²) in [5.41, 5.74) is 0. The first-order chi connectivity index (χ1) is 32.0. The fourth-order valence-corrected chi connectivity index (χ4v) is 5.84. The van der Waals surface area contributed by atoms with Crippen molar-refractivity contribution in [2.45, 2.75) is 56.4 Å². The molecule has 23 nitrogen and oxygen atoms in total. The van der Waals surface area contributed by atoms with E-state index in [-0.39, 0.29) is 85.1 Å². The highest BCUT2D eigenvalue weighted by Crippen LogP contribution is 2.30. The van der Waals surface area contributed by atoms with Gasteiger partial charge in [0.05, 0.1) is 178 Å². The van der Waals surface area contributed by atoms with Crippen LogP contribution < -0.4 is 0 Å². The Labute approximate surface area is 383 Å². The SMILES string of the molecule is COCCOCCOCCOCC1O[C@@H](OCCCC(=O)ON2C(=O)CCC2=O)C(OCCOCCOCCOC)[C@@H](OCCOCCOCCOC)C1OCCOCCOCCOC. The van der Waals surface area contributed by atoms with Crippen LogP contribution in [0.2, 0.25) is 0 Å². The predicted molar refractivity (Wildman–Crippen MR) is 225 cm³/mol. The van der Waals surface area contributed by atoms with Crippen molar-refractivity contribution in [2.75, 3.05) is 200 Å². The second-order valence-corrected chi connectivity index (χ2v) is 14.0. The van der Waals surface area contributed by atoms with Crippen LogP contribution >= 0.6 is 0 Å². The molecule has 0 aromatic heterocycles. The van der Waals surface area contributed by atoms with Crippen LogP contribution in [0.3, 0.4) is 0 Å². The molecule has 3 unspecified atom stereocenters. The van der Waals surface area contributed by atoms with Crippen LogP contribution in [0, 0.1) is 0 Å². The van der Waals surface area contributed by atoms with Crippen molar-refractivity contribution < 1.29 is 104 Å². The van der Waals surface area contributed by atoms with Gasteiger partial charge < -0.3 is 90.1 Å². The van der Waals surface area contributed by atoms with Gasteiger partial charge in [0.2, 0.25) is 0 Å². The molecule has 0 aromatic carbocycles. The minimum Gasteiger partial charge on any atom is -0.382 e. The molecule has 0 radical (unpaired) electrons. The third kappa shape index (κ3) is 29.4. The quantitative estimate of drug-likeness (QED) is 0.0578. The molecule has 2 aliphatic heterocycles. The Morgan fingerprint density at radius 2 is 0.800 bits per heavy atom. The van der Waals surface area contributed by atoms with Crippen molar-refractivity contribution >= 4 is 17.8 Å². The Balaban J connectivity index is 2.20. The topological polar surface area (TPSA) is 230 Å². The van der Waals surface area contributed by atoms with Crippen LogP contribution in [0.1, 0.15) is 25.7 Å². The van der Waals surface area contributed by atoms with E-state index in [1.54, 1.807) is 28.4 Å². The third-order valence-electron chi connectivity index (χ3n) is 9.08. The molecular weight excluding hydrogens is 870 g/mol. The van der Waals surface area contributed by atoms with Gasteiger partial charge in [0.25, 0.3) is 11.8 Å². The number of ether oxygens (including phenoxy) is 18. The molecule has 2 rings (SSSR count). The molecule has 0 spiro atoms. The molecule has 0 aromatic rings. The normalized spacial score (nSPS) is 20.1. The molecule has 2 heterocycles. The smallest absolute Gasteiger partial charge is 0.333 e. The fourth-order valence-electron chi connectivity index (χ4n) is 5.84. The van der Waals surface area contributed by atoms with Gasteiger partial charge in [-0.05, 0) is 6.42 Å². The number of imide groups is 1. The Morgan fingerprint density at radius 1 is 0.446 bits per heavy atom. The van der Waals surface area contributed by atoms with Gasteiger partial charge in [0, 0.05) is 41.3 Å². The number of hydrogen-bond acceptors (Lipinski definition) is 22. The zero-order valence-corrected chi connectivity index (χ0v) is 39.0. The van der Waals surface area contributed by atoms with Gasteiger partial charge in [0.15, 0.2) is 6.29 Å². The molecule has 0 bridgehead atoms. The molecule has 2 aliphatic rings. The lowest BCUT2D eigenvalue weighted by Gasteiger charge is -2.45. The zero-order valence-electron chi connectivity index (χ0n) is 39.0. The Hall–Kier alpha value is -2.11. The lowest BCUT2D eigenvalue weighted by molar-refractivity contribution is -0.325. The molecule has 2 saturated heterocycles. The van der Waals surface area contributed by atoms with Gasteiger partial charge in [0.1, 0.15) is 24.4 Å². The number of methoxy groups -OCH3 is 4. The van der Waals surface area contributed by atoms with Crippen molar-refractivity contribution in [3.8, 4) is 0 Å². The van der Waals surface area contributed by atoms with E-state index in [9.17, 15) is 14.4 Å². The first-order valence-electron chi connectivity index (χ1n) is 22.3. The van der Waals surface area contributed by atoms with Crippen molar-refractivity contribution in [3.63, 3.8) is 0 Å². The average molecular weight is 948 g/mol. The monoisotopic (exact) mass is 947 g/mol. The van der Waals surface area contributed by atoms with Crippen LogP contribution in [-0.2, 0) is 104 Å². The average Bonchev–Trinajstić information content (AvgIpc) is 3.62. The van der Waals surface area contributed by atoms with Gasteiger partial charge in [-0.3, -0.25) is 9.59 Å². The van der Waals surface area contributed by atoms with E-state index in [0.29, 0.717) is 117 Å². The number of amides is 2. The summed E-state index contributed by atoms with van der Waals surface area (Å²) in [6.45, 7) is 8.44. The molecule has 382 valence electrons. The summed E-state index contributed by atoms with van der Waals surface area (Å²) in [7, 11) is 6.42. The Kier molecular flexibility index (Phi) is 38.2. The predicted octanol–water partition coefficient (Wildman–Crippen LogP) is 0.00590. The number of carbonyl (C=O) groups excluding carboxylic acids is 3. The van der Waals surface area contributed by atoms with E-state index in [1.807, 2.05) is 0 Å². The summed E-state index contributed by atoms with van der Waals surface area (Å²) in [6.07, 6.45) is -4.21. The molecule has 5 atom stereocenters. The third-order valence-corrected chi connectivity index (χ3v) is 9.08. The van der Waals surface area contributed by atoms with E-state index in [4.69, 9.17) is 90.1 Å². The molecule has 23 heteroatoms. The summed E-state index contributed by atoms with van der Waals surface area (Å²) in [5.74, 6) is -1.88. The molecule has 0 saturated carbocycles. The number of rotatable bonds is 47. The molecule has 2 fully saturated rings. The minimum atomic E-state index is -1.04. The van der Waals surface area contributed by atoms with Gasteiger partial charge >= 0.3 is 5.97 Å². The zero-order chi connectivity index (χ0) is 46.8. The largest absolute Gasteiger partial charge is 0.382 e. The molecule has 2 amide bonds. The minimum absolute atomic E-state index is 0.00825. The van der Waals surface area contributed by atoms with Crippen molar-refractivity contribution in [3.05, 3.63) is 0 Å². The maximum absolute atomic E-state index is 12.6. The standard InChI is InChI=1S/C42H77NO22/c1-47-10-14-51-18-22-55-26-27-59-34-35-39(60-31-28-56-23-19-52-15-11-48-2)40(61-32-29-57-24-20-53-16-12-49-3)41(62-33-30-58-25-21-54-17-13-50-4)42(64-35)63-9-5-6-38(46)65-43-36(44)7-8-37(43)45/h35,39-42H,5-34H2,1-4H3/t35?,39?,40-,41?,42+/m0/s1. The number of nitrogens with zero attached hydrogens (tertiary/aromatic N) is 1. The van der Waals surface area contributed by atoms with E-state index in [1.165, 1.54) is 0 Å². The number of hydroxylamine groups is 2. The summed E-state index contributed by atoms with van der Waals surface area (Å²) >= 11 is 0. The van der Waals surface area contributed by atoms with Crippen LogP contribution in [0.15, 0.2) is 0 Å². The lowest BCUT2D eigenvalue weighted by atomic mass is 9.98. The highest BCUT2D eigenvalue weighted by molar-refractivity contribution is 6.01. The van der Waals surface area contributed by atoms with Crippen LogP contribution in [-0.4, -0.2) is 254 Å². The van der Waals surface area contributed by atoms with Crippen LogP contribution in [0.25, 0.3) is 0 Å². The number of carbonyl (C=O) groups is 3. The Morgan fingerprint density at radius 3 is 1.22 bits per heavy atom. The van der Waals surface area contributed by atoms with Gasteiger partial charge in [-0.2, -0.15) is 0 Å². The second kappa shape index (κ2) is 42.0.